The minimum Gasteiger partial charge on any atom is -0.352 e. The van der Waals surface area contributed by atoms with Gasteiger partial charge in [0.15, 0.2) is 0 Å². The van der Waals surface area contributed by atoms with Crippen molar-refractivity contribution in [3.8, 4) is 10.7 Å². The predicted molar refractivity (Wildman–Crippen MR) is 137 cm³/mol. The van der Waals surface area contributed by atoms with Crippen LogP contribution in [0.25, 0.3) is 21.5 Å². The van der Waals surface area contributed by atoms with Gasteiger partial charge in [-0.3, -0.25) is 14.5 Å². The molecule has 2 aromatic carbocycles. The molecule has 1 N–H and O–H groups in total. The number of carbonyl (C=O) groups excluding carboxylic acids is 2. The summed E-state index contributed by atoms with van der Waals surface area (Å²) in [6.45, 7) is 1.82. The first-order valence-corrected chi connectivity index (χ1v) is 12.9. The number of rotatable bonds is 8. The van der Waals surface area contributed by atoms with Gasteiger partial charge in [0.05, 0.1) is 10.6 Å². The maximum absolute atomic E-state index is 13.8. The third kappa shape index (κ3) is 4.95. The van der Waals surface area contributed by atoms with Crippen LogP contribution in [0.2, 0.25) is 0 Å². The summed E-state index contributed by atoms with van der Waals surface area (Å²) in [5.41, 5.74) is 0.708. The lowest BCUT2D eigenvalue weighted by Crippen LogP contribution is -2.52. The summed E-state index contributed by atoms with van der Waals surface area (Å²) in [6, 6.07) is 17.1. The quantitative estimate of drug-likeness (QED) is 0.396. The molecule has 2 amide bonds. The number of fused-ring (bicyclic) bond motifs is 1. The first-order valence-electron chi connectivity index (χ1n) is 12.1. The van der Waals surface area contributed by atoms with Crippen molar-refractivity contribution in [2.45, 2.75) is 57.7 Å². The van der Waals surface area contributed by atoms with E-state index in [9.17, 15) is 9.59 Å². The Balaban J connectivity index is 1.48. The molecule has 1 aliphatic carbocycles. The zero-order valence-electron chi connectivity index (χ0n) is 19.6. The molecule has 2 aromatic heterocycles. The molecule has 1 aliphatic rings. The Morgan fingerprint density at radius 2 is 1.91 bits per heavy atom. The van der Waals surface area contributed by atoms with Gasteiger partial charge in [-0.15, -0.1) is 21.5 Å². The van der Waals surface area contributed by atoms with Crippen LogP contribution >= 0.6 is 11.3 Å². The molecule has 1 saturated carbocycles. The normalized spacial score (nSPS) is 14.8. The van der Waals surface area contributed by atoms with Gasteiger partial charge in [0.1, 0.15) is 12.6 Å². The lowest BCUT2D eigenvalue weighted by atomic mass is 10.0. The third-order valence-electron chi connectivity index (χ3n) is 6.47. The molecule has 2 heterocycles. The molecule has 9 heteroatoms. The molecule has 4 aromatic rings. The molecule has 1 atom stereocenters. The lowest BCUT2D eigenvalue weighted by Gasteiger charge is -2.32. The van der Waals surface area contributed by atoms with Crippen molar-refractivity contribution in [2.75, 3.05) is 4.90 Å². The molecule has 0 aliphatic heterocycles. The molecule has 35 heavy (non-hydrogen) atoms. The average Bonchev–Trinajstić information content (AvgIpc) is 3.65. The van der Waals surface area contributed by atoms with Gasteiger partial charge in [0, 0.05) is 11.4 Å². The van der Waals surface area contributed by atoms with Gasteiger partial charge in [0.2, 0.25) is 11.7 Å². The number of hydrogen-bond donors (Lipinski definition) is 1. The van der Waals surface area contributed by atoms with E-state index in [1.165, 1.54) is 16.1 Å². The van der Waals surface area contributed by atoms with Crippen LogP contribution in [-0.2, 0) is 16.1 Å². The van der Waals surface area contributed by atoms with Crippen LogP contribution in [-0.4, -0.2) is 44.1 Å². The number of amides is 2. The Kier molecular flexibility index (Phi) is 6.85. The van der Waals surface area contributed by atoms with Crippen LogP contribution in [0.4, 0.5) is 5.69 Å². The number of aromatic nitrogens is 4. The van der Waals surface area contributed by atoms with Gasteiger partial charge in [-0.1, -0.05) is 62.2 Å². The molecule has 5 rings (SSSR count). The number of anilines is 1. The smallest absolute Gasteiger partial charge is 0.251 e. The number of thiophene rings is 1. The van der Waals surface area contributed by atoms with Crippen molar-refractivity contribution in [3.05, 3.63) is 60.0 Å². The van der Waals surface area contributed by atoms with Crippen molar-refractivity contribution < 1.29 is 9.59 Å². The van der Waals surface area contributed by atoms with E-state index in [-0.39, 0.29) is 24.4 Å². The Hall–Kier alpha value is -3.59. The Morgan fingerprint density at radius 3 is 2.69 bits per heavy atom. The van der Waals surface area contributed by atoms with Gasteiger partial charge in [-0.25, -0.2) is 0 Å². The topological polar surface area (TPSA) is 93.0 Å². The fourth-order valence-corrected chi connectivity index (χ4v) is 5.41. The third-order valence-corrected chi connectivity index (χ3v) is 7.33. The highest BCUT2D eigenvalue weighted by Gasteiger charge is 2.33. The van der Waals surface area contributed by atoms with E-state index in [1.54, 1.807) is 4.90 Å². The second-order valence-corrected chi connectivity index (χ2v) is 9.74. The van der Waals surface area contributed by atoms with E-state index in [1.807, 2.05) is 66.9 Å². The molecule has 180 valence electrons. The van der Waals surface area contributed by atoms with Crippen LogP contribution in [0.15, 0.2) is 60.0 Å². The zero-order chi connectivity index (χ0) is 24.2. The molecule has 0 saturated heterocycles. The van der Waals surface area contributed by atoms with Crippen molar-refractivity contribution in [3.63, 3.8) is 0 Å². The number of tetrazole rings is 1. The molecule has 0 radical (unpaired) electrons. The summed E-state index contributed by atoms with van der Waals surface area (Å²) < 4.78 is 0. The van der Waals surface area contributed by atoms with Crippen LogP contribution < -0.4 is 10.2 Å². The van der Waals surface area contributed by atoms with E-state index in [4.69, 9.17) is 0 Å². The summed E-state index contributed by atoms with van der Waals surface area (Å²) in [6.07, 6.45) is 4.70. The Morgan fingerprint density at radius 1 is 1.11 bits per heavy atom. The van der Waals surface area contributed by atoms with Gasteiger partial charge in [-0.05, 0) is 47.4 Å². The second kappa shape index (κ2) is 10.4. The van der Waals surface area contributed by atoms with E-state index < -0.39 is 6.04 Å². The summed E-state index contributed by atoms with van der Waals surface area (Å²) in [5.74, 6) is 0.104. The van der Waals surface area contributed by atoms with E-state index >= 15 is 0 Å². The van der Waals surface area contributed by atoms with Crippen LogP contribution in [0, 0.1) is 0 Å². The Labute approximate surface area is 207 Å². The molecule has 1 fully saturated rings. The minimum absolute atomic E-state index is 0.116. The summed E-state index contributed by atoms with van der Waals surface area (Å²) in [4.78, 5) is 31.1. The summed E-state index contributed by atoms with van der Waals surface area (Å²) >= 11 is 1.51. The van der Waals surface area contributed by atoms with Crippen LogP contribution in [0.3, 0.4) is 0 Å². The monoisotopic (exact) mass is 488 g/mol. The van der Waals surface area contributed by atoms with Crippen molar-refractivity contribution in [1.82, 2.24) is 25.5 Å². The zero-order valence-corrected chi connectivity index (χ0v) is 20.4. The molecular formula is C26H28N6O2S. The van der Waals surface area contributed by atoms with Crippen LogP contribution in [0.1, 0.15) is 39.0 Å². The number of nitrogens with zero attached hydrogens (tertiary/aromatic N) is 5. The van der Waals surface area contributed by atoms with Gasteiger partial charge >= 0.3 is 0 Å². The predicted octanol–water partition coefficient (Wildman–Crippen LogP) is 4.43. The molecule has 0 spiro atoms. The van der Waals surface area contributed by atoms with Crippen molar-refractivity contribution >= 4 is 39.6 Å². The first kappa shape index (κ1) is 23.2. The number of carbonyl (C=O) groups is 2. The maximum Gasteiger partial charge on any atom is 0.251 e. The SMILES string of the molecule is CCC(C(=O)NC1CCCC1)N(C(=O)Cn1nnc(-c2cccs2)n1)c1cccc2ccccc12. The van der Waals surface area contributed by atoms with Gasteiger partial charge in [0.25, 0.3) is 5.91 Å². The fourth-order valence-electron chi connectivity index (χ4n) is 4.76. The summed E-state index contributed by atoms with van der Waals surface area (Å²) in [7, 11) is 0. The highest BCUT2D eigenvalue weighted by molar-refractivity contribution is 7.13. The van der Waals surface area contributed by atoms with E-state index in [2.05, 4.69) is 20.7 Å². The highest BCUT2D eigenvalue weighted by Crippen LogP contribution is 2.30. The molecule has 1 unspecified atom stereocenters. The van der Waals surface area contributed by atoms with Crippen molar-refractivity contribution in [1.29, 1.82) is 0 Å². The Bertz CT molecular complexity index is 1310. The number of hydrogen-bond acceptors (Lipinski definition) is 6. The summed E-state index contributed by atoms with van der Waals surface area (Å²) in [5, 5.41) is 19.7. The molecular weight excluding hydrogens is 460 g/mol. The minimum atomic E-state index is -0.644. The number of nitrogens with one attached hydrogen (secondary N) is 1. The first-order chi connectivity index (χ1) is 17.1. The van der Waals surface area contributed by atoms with Crippen LogP contribution in [0.5, 0.6) is 0 Å². The molecule has 8 nitrogen and oxygen atoms in total. The standard InChI is InChI=1S/C26H28N6O2S/c1-2-21(26(34)27-19-11-4-5-12-19)32(22-14-7-10-18-9-3-6-13-20(18)22)24(33)17-31-29-25(28-30-31)23-15-8-16-35-23/h3,6-10,13-16,19,21H,2,4-5,11-12,17H2,1H3,(H,27,34). The van der Waals surface area contributed by atoms with E-state index in [0.29, 0.717) is 17.9 Å². The largest absolute Gasteiger partial charge is 0.352 e. The molecule has 0 bridgehead atoms. The number of benzene rings is 2. The van der Waals surface area contributed by atoms with Gasteiger partial charge in [-0.2, -0.15) is 4.80 Å². The highest BCUT2D eigenvalue weighted by atomic mass is 32.1. The van der Waals surface area contributed by atoms with E-state index in [0.717, 1.165) is 41.3 Å². The average molecular weight is 489 g/mol. The lowest BCUT2D eigenvalue weighted by molar-refractivity contribution is -0.127. The maximum atomic E-state index is 13.8. The fraction of sp³-hybridized carbons (Fsp3) is 0.346. The van der Waals surface area contributed by atoms with Gasteiger partial charge < -0.3 is 5.32 Å². The van der Waals surface area contributed by atoms with Crippen molar-refractivity contribution in [2.24, 2.45) is 0 Å². The second-order valence-electron chi connectivity index (χ2n) is 8.80.